The summed E-state index contributed by atoms with van der Waals surface area (Å²) >= 11 is 1.33. The number of ether oxygens (including phenoxy) is 2. The van der Waals surface area contributed by atoms with Gasteiger partial charge in [-0.1, -0.05) is 25.1 Å². The van der Waals surface area contributed by atoms with Crippen molar-refractivity contribution in [2.45, 2.75) is 26.3 Å². The van der Waals surface area contributed by atoms with Gasteiger partial charge in [-0.2, -0.15) is 0 Å². The van der Waals surface area contributed by atoms with Crippen molar-refractivity contribution in [3.05, 3.63) is 81.2 Å². The molecule has 3 heterocycles. The number of nitrogens with zero attached hydrogens (tertiary/aromatic N) is 2. The van der Waals surface area contributed by atoms with E-state index < -0.39 is 11.9 Å². The van der Waals surface area contributed by atoms with Gasteiger partial charge in [-0.15, -0.1) is 11.3 Å². The molecule has 0 fully saturated rings. The molecule has 5 rings (SSSR count). The van der Waals surface area contributed by atoms with Crippen molar-refractivity contribution in [1.82, 2.24) is 4.98 Å². The van der Waals surface area contributed by atoms with Gasteiger partial charge in [0, 0.05) is 11.6 Å². The van der Waals surface area contributed by atoms with Crippen LogP contribution < -0.4 is 19.8 Å². The highest BCUT2D eigenvalue weighted by Crippen LogP contribution is 2.43. The van der Waals surface area contributed by atoms with E-state index in [2.05, 4.69) is 4.98 Å². The van der Waals surface area contributed by atoms with Gasteiger partial charge in [0.15, 0.2) is 22.1 Å². The lowest BCUT2D eigenvalue weighted by Gasteiger charge is -2.23. The predicted octanol–water partition coefficient (Wildman–Crippen LogP) is 5.19. The van der Waals surface area contributed by atoms with Crippen LogP contribution in [0.4, 0.5) is 5.13 Å². The van der Waals surface area contributed by atoms with Crippen LogP contribution in [0, 0.1) is 0 Å². The van der Waals surface area contributed by atoms with Crippen LogP contribution in [0.25, 0.3) is 11.0 Å². The second-order valence-electron chi connectivity index (χ2n) is 7.55. The zero-order valence-electron chi connectivity index (χ0n) is 18.2. The molecule has 8 heteroatoms. The average molecular weight is 463 g/mol. The zero-order chi connectivity index (χ0) is 22.9. The Morgan fingerprint density at radius 3 is 2.70 bits per heavy atom. The number of aromatic nitrogens is 1. The molecule has 0 saturated carbocycles. The Balaban J connectivity index is 1.73. The highest BCUT2D eigenvalue weighted by atomic mass is 32.1. The lowest BCUT2D eigenvalue weighted by Crippen LogP contribution is -2.29. The van der Waals surface area contributed by atoms with Crippen molar-refractivity contribution in [3.63, 3.8) is 0 Å². The van der Waals surface area contributed by atoms with E-state index in [1.54, 1.807) is 35.8 Å². The Bertz CT molecular complexity index is 1380. The molecule has 33 heavy (non-hydrogen) atoms. The molecule has 1 atom stereocenters. The third kappa shape index (κ3) is 3.56. The van der Waals surface area contributed by atoms with Crippen LogP contribution >= 0.6 is 11.3 Å². The smallest absolute Gasteiger partial charge is 0.297 e. The summed E-state index contributed by atoms with van der Waals surface area (Å²) in [5, 5.41) is 2.72. The zero-order valence-corrected chi connectivity index (χ0v) is 19.1. The first-order valence-electron chi connectivity index (χ1n) is 10.8. The number of hydrogen-bond donors (Lipinski definition) is 0. The molecule has 0 saturated heterocycles. The van der Waals surface area contributed by atoms with E-state index in [4.69, 9.17) is 13.9 Å². The third-order valence-corrected chi connectivity index (χ3v) is 6.22. The number of amides is 1. The van der Waals surface area contributed by atoms with E-state index in [0.717, 1.165) is 6.42 Å². The summed E-state index contributed by atoms with van der Waals surface area (Å²) < 4.78 is 17.6. The SMILES string of the molecule is CCCOc1ccc([C@@H]2c3c(oc4ccccc4c3=O)C(=O)N2c2nccs2)cc1OCC. The molecule has 1 amide bonds. The Labute approximate surface area is 194 Å². The summed E-state index contributed by atoms with van der Waals surface area (Å²) in [7, 11) is 0. The Morgan fingerprint density at radius 2 is 1.94 bits per heavy atom. The summed E-state index contributed by atoms with van der Waals surface area (Å²) in [5.41, 5.74) is 1.17. The minimum Gasteiger partial charge on any atom is -0.490 e. The van der Waals surface area contributed by atoms with Crippen molar-refractivity contribution in [2.75, 3.05) is 18.1 Å². The van der Waals surface area contributed by atoms with E-state index in [1.807, 2.05) is 32.0 Å². The summed E-state index contributed by atoms with van der Waals surface area (Å²) in [6.07, 6.45) is 2.50. The molecule has 0 spiro atoms. The number of hydrogen-bond acceptors (Lipinski definition) is 7. The molecule has 7 nitrogen and oxygen atoms in total. The summed E-state index contributed by atoms with van der Waals surface area (Å²) in [6.45, 7) is 4.94. The van der Waals surface area contributed by atoms with E-state index in [-0.39, 0.29) is 11.2 Å². The van der Waals surface area contributed by atoms with Gasteiger partial charge < -0.3 is 13.9 Å². The minimum absolute atomic E-state index is 0.0446. The van der Waals surface area contributed by atoms with Gasteiger partial charge in [0.05, 0.1) is 30.2 Å². The molecule has 0 radical (unpaired) electrons. The van der Waals surface area contributed by atoms with Crippen LogP contribution in [0.1, 0.15) is 48.0 Å². The van der Waals surface area contributed by atoms with Crippen LogP contribution in [-0.2, 0) is 0 Å². The highest BCUT2D eigenvalue weighted by molar-refractivity contribution is 7.13. The van der Waals surface area contributed by atoms with Gasteiger partial charge in [0.1, 0.15) is 5.58 Å². The van der Waals surface area contributed by atoms with Crippen molar-refractivity contribution in [1.29, 1.82) is 0 Å². The molecule has 0 aliphatic carbocycles. The van der Waals surface area contributed by atoms with Gasteiger partial charge >= 0.3 is 0 Å². The first-order chi connectivity index (χ1) is 16.1. The molecule has 1 aliphatic rings. The fourth-order valence-electron chi connectivity index (χ4n) is 4.06. The molecule has 2 aromatic heterocycles. The number of thiazole rings is 1. The largest absolute Gasteiger partial charge is 0.490 e. The molecule has 0 bridgehead atoms. The maximum absolute atomic E-state index is 13.6. The minimum atomic E-state index is -0.695. The Kier molecular flexibility index (Phi) is 5.60. The maximum Gasteiger partial charge on any atom is 0.297 e. The maximum atomic E-state index is 13.6. The number of benzene rings is 2. The van der Waals surface area contributed by atoms with Crippen molar-refractivity contribution in [3.8, 4) is 11.5 Å². The molecular formula is C25H22N2O5S. The fraction of sp³-hybridized carbons (Fsp3) is 0.240. The van der Waals surface area contributed by atoms with E-state index in [9.17, 15) is 9.59 Å². The average Bonchev–Trinajstić information content (AvgIpc) is 3.45. The van der Waals surface area contributed by atoms with Crippen LogP contribution in [0.15, 0.2) is 63.3 Å². The van der Waals surface area contributed by atoms with Crippen LogP contribution in [0.2, 0.25) is 0 Å². The lowest BCUT2D eigenvalue weighted by atomic mass is 9.98. The highest BCUT2D eigenvalue weighted by Gasteiger charge is 2.45. The quantitative estimate of drug-likeness (QED) is 0.376. The Hall–Kier alpha value is -3.65. The number of anilines is 1. The summed E-state index contributed by atoms with van der Waals surface area (Å²) in [4.78, 5) is 32.9. The predicted molar refractivity (Wildman–Crippen MR) is 127 cm³/mol. The van der Waals surface area contributed by atoms with Gasteiger partial charge in [0.25, 0.3) is 5.91 Å². The first kappa shape index (κ1) is 21.2. The molecule has 0 N–H and O–H groups in total. The lowest BCUT2D eigenvalue weighted by molar-refractivity contribution is 0.0971. The molecule has 2 aromatic carbocycles. The molecule has 0 unspecified atom stereocenters. The second kappa shape index (κ2) is 8.71. The van der Waals surface area contributed by atoms with Crippen LogP contribution in [-0.4, -0.2) is 24.1 Å². The number of carbonyl (C=O) groups excluding carboxylic acids is 1. The van der Waals surface area contributed by atoms with Crippen molar-refractivity contribution >= 4 is 33.3 Å². The number of para-hydroxylation sites is 1. The molecule has 168 valence electrons. The normalized spacial score (nSPS) is 15.2. The topological polar surface area (TPSA) is 81.9 Å². The molecule has 1 aliphatic heterocycles. The third-order valence-electron chi connectivity index (χ3n) is 5.45. The van der Waals surface area contributed by atoms with Crippen molar-refractivity contribution in [2.24, 2.45) is 0 Å². The molecule has 4 aromatic rings. The Morgan fingerprint density at radius 1 is 1.09 bits per heavy atom. The van der Waals surface area contributed by atoms with Crippen molar-refractivity contribution < 1.29 is 18.7 Å². The summed E-state index contributed by atoms with van der Waals surface area (Å²) in [5.74, 6) is 0.840. The van der Waals surface area contributed by atoms with E-state index in [0.29, 0.717) is 51.9 Å². The monoisotopic (exact) mass is 462 g/mol. The standard InChI is InChI=1S/C25H22N2O5S/c1-3-12-31-18-10-9-15(14-19(18)30-4-2)21-20-22(28)16-7-5-6-8-17(16)32-23(20)24(29)27(21)25-26-11-13-33-25/h5-11,13-14,21H,3-4,12H2,1-2H3/t21-/m1/s1. The van der Waals surface area contributed by atoms with Gasteiger partial charge in [-0.05, 0) is 43.2 Å². The van der Waals surface area contributed by atoms with Gasteiger partial charge in [-0.3, -0.25) is 14.5 Å². The van der Waals surface area contributed by atoms with Crippen LogP contribution in [0.5, 0.6) is 11.5 Å². The second-order valence-corrected chi connectivity index (χ2v) is 8.42. The van der Waals surface area contributed by atoms with Crippen LogP contribution in [0.3, 0.4) is 0 Å². The fourth-order valence-corrected chi connectivity index (χ4v) is 4.73. The number of fused-ring (bicyclic) bond motifs is 2. The summed E-state index contributed by atoms with van der Waals surface area (Å²) in [6, 6.07) is 11.8. The number of carbonyl (C=O) groups is 1. The van der Waals surface area contributed by atoms with E-state index >= 15 is 0 Å². The first-order valence-corrected chi connectivity index (χ1v) is 11.7. The van der Waals surface area contributed by atoms with Gasteiger partial charge in [0.2, 0.25) is 5.76 Å². The number of rotatable bonds is 7. The van der Waals surface area contributed by atoms with E-state index in [1.165, 1.54) is 16.2 Å². The molecular weight excluding hydrogens is 440 g/mol. The van der Waals surface area contributed by atoms with Gasteiger partial charge in [-0.25, -0.2) is 4.98 Å².